The summed E-state index contributed by atoms with van der Waals surface area (Å²) in [7, 11) is 0. The minimum atomic E-state index is -0.530. The summed E-state index contributed by atoms with van der Waals surface area (Å²) < 4.78 is 0. The van der Waals surface area contributed by atoms with Crippen LogP contribution in [0.3, 0.4) is 0 Å². The largest absolute Gasteiger partial charge is 0.390 e. The Morgan fingerprint density at radius 2 is 0.340 bits per heavy atom. The van der Waals surface area contributed by atoms with Gasteiger partial charge in [-0.25, -0.2) is 0 Å². The highest BCUT2D eigenvalue weighted by molar-refractivity contribution is 5.78. The summed E-state index contributed by atoms with van der Waals surface area (Å²) in [6.07, 6.45) is 112. The van der Waals surface area contributed by atoms with E-state index in [2.05, 4.69) is 100.0 Å². The molecule has 0 bridgehead atoms. The lowest BCUT2D eigenvalue weighted by atomic mass is 10.1. The van der Waals surface area contributed by atoms with Gasteiger partial charge in [0, 0.05) is 85.0 Å². The Labute approximate surface area is 880 Å². The highest BCUT2D eigenvalue weighted by atomic mass is 16.3. The maximum Gasteiger partial charge on any atom is 0.233 e. The summed E-state index contributed by atoms with van der Waals surface area (Å²) in [5, 5.41) is 63.1. The van der Waals surface area contributed by atoms with Crippen molar-refractivity contribution in [2.75, 3.05) is 144 Å². The van der Waals surface area contributed by atoms with Crippen LogP contribution in [0.4, 0.5) is 0 Å². The summed E-state index contributed by atoms with van der Waals surface area (Å²) in [6.45, 7) is 31.5. The molecule has 0 fully saturated rings. The van der Waals surface area contributed by atoms with Gasteiger partial charge in [0.25, 0.3) is 0 Å². The number of hydrogen-bond acceptors (Lipinski definition) is 15. The summed E-state index contributed by atoms with van der Waals surface area (Å²) >= 11 is 0. The van der Waals surface area contributed by atoms with Crippen molar-refractivity contribution in [3.05, 3.63) is 0 Å². The monoisotopic (exact) mass is 2000 g/mol. The van der Waals surface area contributed by atoms with Crippen LogP contribution < -0.4 is 37.6 Å². The molecule has 0 rings (SSSR count). The number of unbranched alkanes of at least 4 members (excludes halogenated alkanes) is 77. The fraction of sp³-hybridized carbons (Fsp3) is 0.976. The topological polar surface area (TPSA) is 243 Å². The number of aliphatic hydroxyl groups is 4. The third-order valence-electron chi connectivity index (χ3n) is 29.7. The van der Waals surface area contributed by atoms with Crippen molar-refractivity contribution in [3.8, 4) is 0 Å². The molecule has 3 amide bonds. The van der Waals surface area contributed by atoms with Gasteiger partial charge in [0.1, 0.15) is 0 Å². The Morgan fingerprint density at radius 3 is 0.525 bits per heavy atom. The van der Waals surface area contributed by atoms with Crippen LogP contribution in [0.2, 0.25) is 0 Å². The van der Waals surface area contributed by atoms with E-state index in [0.29, 0.717) is 65.3 Å². The van der Waals surface area contributed by atoms with Gasteiger partial charge in [-0.05, 0) is 123 Å². The van der Waals surface area contributed by atoms with Gasteiger partial charge >= 0.3 is 0 Å². The number of rotatable bonds is 121. The molecule has 0 aromatic rings. The number of amides is 3. The lowest BCUT2D eigenvalue weighted by molar-refractivity contribution is -0.121. The van der Waals surface area contributed by atoms with Gasteiger partial charge in [0.05, 0.1) is 37.5 Å². The molecule has 0 saturated heterocycles. The third-order valence-corrected chi connectivity index (χ3v) is 29.7. The Balaban J connectivity index is 0. The highest BCUT2D eigenvalue weighted by Gasteiger charge is 2.19. The van der Waals surface area contributed by atoms with E-state index in [-0.39, 0.29) is 30.8 Å². The van der Waals surface area contributed by atoms with Crippen molar-refractivity contribution in [1.29, 1.82) is 0 Å². The van der Waals surface area contributed by atoms with Crippen molar-refractivity contribution >= 4 is 17.7 Å². The minimum absolute atomic E-state index is 0.0216. The molecule has 18 heteroatoms. The Bertz CT molecular complexity index is 2280. The van der Waals surface area contributed by atoms with Crippen LogP contribution >= 0.6 is 0 Å². The SMILES string of the molecule is CCCCCCCCCCCCCCN(CCCCN(CCCCCCCCCCCCCC)CC(O)CNCCC(=O)NCCCCCCCCCCCC)CC(O)CN.CCCCCCCCCCCCCCNC(=O)CNCC(O)CN(CCCCCCCCCCCCCC)CCCCN(CCCCCCCCCCCCCC)CC(O)CNCC(=O)NCCCCCCCCCCCCCC. The number of hydrogen-bond donors (Lipinski definition) is 11. The zero-order chi connectivity index (χ0) is 103. The summed E-state index contributed by atoms with van der Waals surface area (Å²) in [5.41, 5.74) is 5.83. The van der Waals surface area contributed by atoms with Crippen molar-refractivity contribution in [1.82, 2.24) is 51.5 Å². The number of nitrogens with zero attached hydrogens (tertiary/aromatic N) is 4. The zero-order valence-corrected chi connectivity index (χ0v) is 96.3. The first kappa shape index (κ1) is 141. The standard InChI is InChI=1S/C70H144N6O4.C53H111N5O3/c1-5-9-13-17-21-25-29-33-37-41-45-49-55-73-69(79)63-71-61-67(77)65-75(57-51-47-43-39-35-31-27-23-19-15-11-7-3)59-53-54-60-76(58-52-48-44-40-36-32-28-24-20-16-12-8-4)66-68(78)62-72-64-70(80)74-56-50-46-42-38-34-30-26-22-18-14-10-6-2;1-4-7-10-13-16-19-22-24-27-30-33-36-43-57(49-51(59)47-54)45-38-39-46-58(44-37-34-31-28-25-23-20-17-14-11-8-5-2)50-52(60)48-55-42-40-53(61)56-41-35-32-29-26-21-18-15-12-9-6-3/h67-68,71-72,77-78H,5-66H2,1-4H3,(H,73,79)(H,74,80);51-52,55,59-60H,4-50,54H2,1-3H3,(H,56,61). The zero-order valence-electron chi connectivity index (χ0n) is 96.3. The van der Waals surface area contributed by atoms with Crippen LogP contribution in [0, 0.1) is 0 Å². The molecular formula is C123H255N11O7. The van der Waals surface area contributed by atoms with E-state index < -0.39 is 24.4 Å². The molecule has 0 aliphatic heterocycles. The van der Waals surface area contributed by atoms with E-state index in [9.17, 15) is 34.8 Å². The van der Waals surface area contributed by atoms with Crippen LogP contribution in [0.15, 0.2) is 0 Å². The first-order chi connectivity index (χ1) is 69.3. The van der Waals surface area contributed by atoms with Crippen molar-refractivity contribution in [2.45, 2.75) is 631 Å². The summed E-state index contributed by atoms with van der Waals surface area (Å²) in [6, 6.07) is 0. The molecule has 0 aliphatic rings. The maximum atomic E-state index is 12.6. The Morgan fingerprint density at radius 1 is 0.191 bits per heavy atom. The fourth-order valence-corrected chi connectivity index (χ4v) is 20.3. The van der Waals surface area contributed by atoms with Gasteiger partial charge in [0.15, 0.2) is 0 Å². The maximum absolute atomic E-state index is 12.6. The molecule has 18 nitrogen and oxygen atoms in total. The first-order valence-corrected chi connectivity index (χ1v) is 63.6. The highest BCUT2D eigenvalue weighted by Crippen LogP contribution is 2.22. The molecular weight excluding hydrogens is 1740 g/mol. The van der Waals surface area contributed by atoms with E-state index >= 15 is 0 Å². The molecule has 0 heterocycles. The van der Waals surface area contributed by atoms with E-state index in [1.165, 1.54) is 494 Å². The lowest BCUT2D eigenvalue weighted by Gasteiger charge is -2.27. The second-order valence-electron chi connectivity index (χ2n) is 44.2. The van der Waals surface area contributed by atoms with E-state index in [1.807, 2.05) is 0 Å². The molecule has 141 heavy (non-hydrogen) atoms. The predicted octanol–water partition coefficient (Wildman–Crippen LogP) is 29.8. The molecule has 4 atom stereocenters. The number of nitrogens with one attached hydrogen (secondary N) is 6. The van der Waals surface area contributed by atoms with E-state index in [1.54, 1.807) is 0 Å². The molecule has 0 aliphatic carbocycles. The first-order valence-electron chi connectivity index (χ1n) is 63.6. The molecule has 0 spiro atoms. The molecule has 0 aromatic heterocycles. The molecule has 12 N–H and O–H groups in total. The van der Waals surface area contributed by atoms with Crippen LogP contribution in [0.1, 0.15) is 607 Å². The van der Waals surface area contributed by atoms with Crippen LogP contribution in [-0.4, -0.2) is 226 Å². The average molecular weight is 2000 g/mol. The minimum Gasteiger partial charge on any atom is -0.390 e. The Hall–Kier alpha value is -2.07. The second kappa shape index (κ2) is 121. The second-order valence-corrected chi connectivity index (χ2v) is 44.2. The molecule has 844 valence electrons. The van der Waals surface area contributed by atoms with E-state index in [4.69, 9.17) is 5.73 Å². The van der Waals surface area contributed by atoms with Crippen molar-refractivity contribution < 1.29 is 34.8 Å². The van der Waals surface area contributed by atoms with Gasteiger partial charge in [0.2, 0.25) is 17.7 Å². The summed E-state index contributed by atoms with van der Waals surface area (Å²) in [5.74, 6) is 0.153. The van der Waals surface area contributed by atoms with Crippen LogP contribution in [0.25, 0.3) is 0 Å². The van der Waals surface area contributed by atoms with Crippen molar-refractivity contribution in [2.24, 2.45) is 5.73 Å². The lowest BCUT2D eigenvalue weighted by Crippen LogP contribution is -2.43. The van der Waals surface area contributed by atoms with Crippen LogP contribution in [-0.2, 0) is 14.4 Å². The normalized spacial score (nSPS) is 12.7. The van der Waals surface area contributed by atoms with Gasteiger partial charge in [-0.1, -0.05) is 530 Å². The van der Waals surface area contributed by atoms with Gasteiger partial charge in [-0.2, -0.15) is 0 Å². The predicted molar refractivity (Wildman–Crippen MR) is 618 cm³/mol. The fourth-order valence-electron chi connectivity index (χ4n) is 20.3. The Kier molecular flexibility index (Phi) is 121. The number of nitrogens with two attached hydrogens (primary N) is 1. The third kappa shape index (κ3) is 116. The van der Waals surface area contributed by atoms with Gasteiger partial charge < -0.3 is 77.7 Å². The number of aliphatic hydroxyl groups excluding tert-OH is 4. The average Bonchev–Trinajstić information content (AvgIpc) is 0.949. The van der Waals surface area contributed by atoms with Crippen molar-refractivity contribution in [3.63, 3.8) is 0 Å². The smallest absolute Gasteiger partial charge is 0.233 e. The molecule has 0 saturated carbocycles. The molecule has 4 unspecified atom stereocenters. The summed E-state index contributed by atoms with van der Waals surface area (Å²) in [4.78, 5) is 47.6. The van der Waals surface area contributed by atoms with E-state index in [0.717, 1.165) is 130 Å². The van der Waals surface area contributed by atoms with Crippen LogP contribution in [0.5, 0.6) is 0 Å². The van der Waals surface area contributed by atoms with Gasteiger partial charge in [-0.15, -0.1) is 0 Å². The van der Waals surface area contributed by atoms with Gasteiger partial charge in [-0.3, -0.25) is 14.4 Å². The number of carbonyl (C=O) groups excluding carboxylic acids is 3. The molecule has 0 aromatic carbocycles. The molecule has 0 radical (unpaired) electrons. The number of carbonyl (C=O) groups is 3. The quantitative estimate of drug-likeness (QED) is 0.0254.